The molecule has 1 aliphatic carbocycles. The second-order valence-electron chi connectivity index (χ2n) is 12.2. The maximum Gasteiger partial charge on any atom is 0.255 e. The summed E-state index contributed by atoms with van der Waals surface area (Å²) in [4.78, 5) is 71.8. The first-order valence-electron chi connectivity index (χ1n) is 15.5. The van der Waals surface area contributed by atoms with Gasteiger partial charge in [-0.3, -0.25) is 24.0 Å². The van der Waals surface area contributed by atoms with Crippen molar-refractivity contribution < 1.29 is 28.7 Å². The van der Waals surface area contributed by atoms with Crippen molar-refractivity contribution in [1.82, 2.24) is 31.1 Å². The minimum absolute atomic E-state index is 0.0857. The highest BCUT2D eigenvalue weighted by Gasteiger charge is 2.43. The predicted molar refractivity (Wildman–Crippen MR) is 160 cm³/mol. The predicted octanol–water partition coefficient (Wildman–Crippen LogP) is 0.808. The lowest BCUT2D eigenvalue weighted by molar-refractivity contribution is -0.139. The number of carbonyl (C=O) groups is 5. The number of benzene rings is 1. The summed E-state index contributed by atoms with van der Waals surface area (Å²) in [5.41, 5.74) is -0.998. The third-order valence-corrected chi connectivity index (χ3v) is 8.57. The molecule has 1 aromatic rings. The third-order valence-electron chi connectivity index (χ3n) is 8.57. The number of ether oxygens (including phenoxy) is 1. The molecule has 0 radical (unpaired) electrons. The number of nitrogens with one attached hydrogen (secondary N) is 4. The summed E-state index contributed by atoms with van der Waals surface area (Å²) in [6, 6.07) is 4.69. The first kappa shape index (κ1) is 32.2. The second-order valence-corrected chi connectivity index (χ2v) is 12.2. The number of carbonyl (C=O) groups excluding carboxylic acids is 5. The van der Waals surface area contributed by atoms with Gasteiger partial charge in [0.25, 0.3) is 5.91 Å². The van der Waals surface area contributed by atoms with Crippen LogP contribution in [0, 0.1) is 5.92 Å². The fourth-order valence-corrected chi connectivity index (χ4v) is 6.03. The molecule has 0 aromatic heterocycles. The van der Waals surface area contributed by atoms with E-state index in [2.05, 4.69) is 26.2 Å². The van der Waals surface area contributed by atoms with Gasteiger partial charge in [-0.25, -0.2) is 0 Å². The molecule has 2 aliphatic heterocycles. The molecule has 1 saturated carbocycles. The minimum atomic E-state index is -1.21. The number of hydrogen-bond acceptors (Lipinski definition) is 7. The van der Waals surface area contributed by atoms with Crippen molar-refractivity contribution in [3.05, 3.63) is 29.8 Å². The number of hydrogen-bond donors (Lipinski definition) is 4. The summed E-state index contributed by atoms with van der Waals surface area (Å²) in [6.07, 6.45) is 3.69. The van der Waals surface area contributed by atoms with Crippen LogP contribution in [0.15, 0.2) is 24.3 Å². The zero-order valence-electron chi connectivity index (χ0n) is 25.6. The lowest BCUT2D eigenvalue weighted by Gasteiger charge is -2.38. The number of fused-ring (bicyclic) bond motifs is 1. The molecule has 2 heterocycles. The normalized spacial score (nSPS) is 24.9. The van der Waals surface area contributed by atoms with E-state index in [-0.39, 0.29) is 42.9 Å². The van der Waals surface area contributed by atoms with Gasteiger partial charge in [0.2, 0.25) is 23.6 Å². The third kappa shape index (κ3) is 8.25. The van der Waals surface area contributed by atoms with E-state index < -0.39 is 35.3 Å². The highest BCUT2D eigenvalue weighted by Crippen LogP contribution is 2.29. The highest BCUT2D eigenvalue weighted by molar-refractivity contribution is 6.01. The van der Waals surface area contributed by atoms with Crippen LogP contribution in [0.5, 0.6) is 5.75 Å². The van der Waals surface area contributed by atoms with Crippen LogP contribution in [0.25, 0.3) is 0 Å². The van der Waals surface area contributed by atoms with Gasteiger partial charge in [-0.15, -0.1) is 0 Å². The second kappa shape index (κ2) is 14.7. The van der Waals surface area contributed by atoms with Crippen LogP contribution >= 0.6 is 0 Å². The highest BCUT2D eigenvalue weighted by atomic mass is 16.5. The Balaban J connectivity index is 1.67. The molecule has 2 atom stereocenters. The van der Waals surface area contributed by atoms with E-state index in [1.54, 1.807) is 29.2 Å². The Morgan fingerprint density at radius 2 is 1.70 bits per heavy atom. The van der Waals surface area contributed by atoms with Crippen LogP contribution in [-0.2, 0) is 19.2 Å². The molecule has 1 spiro atoms. The van der Waals surface area contributed by atoms with E-state index in [4.69, 9.17) is 4.74 Å². The Bertz CT molecular complexity index is 1180. The average molecular weight is 599 g/mol. The molecule has 4 rings (SSSR count). The van der Waals surface area contributed by atoms with Crippen LogP contribution in [0.4, 0.5) is 0 Å². The molecule has 12 nitrogen and oxygen atoms in total. The van der Waals surface area contributed by atoms with E-state index in [0.717, 1.165) is 32.2 Å². The van der Waals surface area contributed by atoms with Crippen molar-refractivity contribution >= 4 is 29.5 Å². The van der Waals surface area contributed by atoms with Crippen molar-refractivity contribution in [3.8, 4) is 5.75 Å². The average Bonchev–Trinajstić information content (AvgIpc) is 3.21. The molecule has 2 fully saturated rings. The van der Waals surface area contributed by atoms with Crippen molar-refractivity contribution in [3.63, 3.8) is 0 Å². The molecule has 5 amide bonds. The molecule has 236 valence electrons. The fraction of sp³-hybridized carbons (Fsp3) is 0.645. The Morgan fingerprint density at radius 1 is 0.953 bits per heavy atom. The number of likely N-dealkylation sites (N-methyl/N-ethyl adjacent to an activating group) is 1. The van der Waals surface area contributed by atoms with Crippen LogP contribution in [0.2, 0.25) is 0 Å². The molecule has 0 unspecified atom stereocenters. The smallest absolute Gasteiger partial charge is 0.255 e. The Hall–Kier alpha value is -3.67. The van der Waals surface area contributed by atoms with Crippen molar-refractivity contribution in [1.29, 1.82) is 0 Å². The molecule has 1 saturated heterocycles. The van der Waals surface area contributed by atoms with Gasteiger partial charge < -0.3 is 35.8 Å². The maximum atomic E-state index is 13.8. The summed E-state index contributed by atoms with van der Waals surface area (Å²) in [5.74, 6) is -2.08. The van der Waals surface area contributed by atoms with E-state index in [0.29, 0.717) is 38.2 Å². The van der Waals surface area contributed by atoms with Gasteiger partial charge in [-0.2, -0.15) is 0 Å². The molecular weight excluding hydrogens is 552 g/mol. The lowest BCUT2D eigenvalue weighted by atomic mass is 9.80. The van der Waals surface area contributed by atoms with Gasteiger partial charge in [-0.05, 0) is 50.9 Å². The van der Waals surface area contributed by atoms with Crippen molar-refractivity contribution in [2.24, 2.45) is 5.92 Å². The molecule has 43 heavy (non-hydrogen) atoms. The topological polar surface area (TPSA) is 149 Å². The first-order valence-corrected chi connectivity index (χ1v) is 15.5. The Kier molecular flexibility index (Phi) is 11.0. The molecular formula is C31H46N6O6. The fourth-order valence-electron chi connectivity index (χ4n) is 6.03. The summed E-state index contributed by atoms with van der Waals surface area (Å²) in [5, 5.41) is 11.5. The Labute approximate surface area is 253 Å². The summed E-state index contributed by atoms with van der Waals surface area (Å²) in [6.45, 7) is 6.46. The van der Waals surface area contributed by atoms with Crippen LogP contribution in [0.1, 0.15) is 69.2 Å². The molecule has 4 N–H and O–H groups in total. The van der Waals surface area contributed by atoms with Crippen LogP contribution < -0.4 is 26.0 Å². The number of rotatable bonds is 2. The van der Waals surface area contributed by atoms with Crippen molar-refractivity contribution in [2.75, 3.05) is 46.4 Å². The van der Waals surface area contributed by atoms with Crippen LogP contribution in [0.3, 0.4) is 0 Å². The zero-order chi connectivity index (χ0) is 31.0. The SMILES string of the molecule is CC(C)[C@H]1NC(=O)C2(CCCCC2)NC(=O)C[C@@H](C(=O)N2CCCN(C)CC2)NC(=O)c2ccccc2OCCNC1=O. The van der Waals surface area contributed by atoms with Gasteiger partial charge in [0.1, 0.15) is 30.0 Å². The van der Waals surface area contributed by atoms with Gasteiger partial charge >= 0.3 is 0 Å². The maximum absolute atomic E-state index is 13.8. The van der Waals surface area contributed by atoms with Crippen LogP contribution in [-0.4, -0.2) is 103 Å². The molecule has 12 heteroatoms. The van der Waals surface area contributed by atoms with E-state index in [9.17, 15) is 24.0 Å². The quantitative estimate of drug-likeness (QED) is 0.394. The van der Waals surface area contributed by atoms with E-state index >= 15 is 0 Å². The standard InChI is InChI=1S/C31H46N6O6/c1-21(2)26-28(40)32-14-19-43-24-11-6-5-10-22(24)27(39)33-23(29(41)37-16-9-15-36(3)17-18-37)20-25(38)35-31(30(42)34-26)12-7-4-8-13-31/h5-6,10-11,21,23,26H,4,7-9,12-20H2,1-3H3,(H,32,40)(H,33,39)(H,34,42)(H,35,38)/t23-,26+/m0/s1. The first-order chi connectivity index (χ1) is 20.6. The monoisotopic (exact) mass is 598 g/mol. The minimum Gasteiger partial charge on any atom is -0.491 e. The van der Waals surface area contributed by atoms with Gasteiger partial charge in [-0.1, -0.05) is 45.2 Å². The summed E-state index contributed by atoms with van der Waals surface area (Å²) in [7, 11) is 2.00. The Morgan fingerprint density at radius 3 is 2.44 bits per heavy atom. The molecule has 0 bridgehead atoms. The largest absolute Gasteiger partial charge is 0.491 e. The molecule has 3 aliphatic rings. The zero-order valence-corrected chi connectivity index (χ0v) is 25.6. The van der Waals surface area contributed by atoms with E-state index in [1.807, 2.05) is 20.9 Å². The van der Waals surface area contributed by atoms with Gasteiger partial charge in [0, 0.05) is 19.6 Å². The lowest BCUT2D eigenvalue weighted by Crippen LogP contribution is -2.64. The van der Waals surface area contributed by atoms with Gasteiger partial charge in [0.15, 0.2) is 0 Å². The number of amides is 5. The van der Waals surface area contributed by atoms with Crippen molar-refractivity contribution in [2.45, 2.75) is 76.4 Å². The summed E-state index contributed by atoms with van der Waals surface area (Å²) >= 11 is 0. The number of para-hydroxylation sites is 1. The number of nitrogens with zero attached hydrogens (tertiary/aromatic N) is 2. The van der Waals surface area contributed by atoms with Gasteiger partial charge in [0.05, 0.1) is 18.5 Å². The van der Waals surface area contributed by atoms with E-state index in [1.165, 1.54) is 0 Å². The summed E-state index contributed by atoms with van der Waals surface area (Å²) < 4.78 is 5.86. The molecule has 1 aromatic carbocycles.